The Balaban J connectivity index is 0.000000491. The van der Waals surface area contributed by atoms with Crippen LogP contribution in [0.4, 0.5) is 18.9 Å². The lowest BCUT2D eigenvalue weighted by Gasteiger charge is -2.14. The van der Waals surface area contributed by atoms with Crippen molar-refractivity contribution in [2.24, 2.45) is 0 Å². The fourth-order valence-electron chi connectivity index (χ4n) is 3.51. The molecule has 9 heteroatoms. The number of anilines is 1. The molecule has 0 saturated carbocycles. The molecule has 1 fully saturated rings. The van der Waals surface area contributed by atoms with Gasteiger partial charge in [0.25, 0.3) is 0 Å². The van der Waals surface area contributed by atoms with Crippen LogP contribution in [0.25, 0.3) is 22.2 Å². The van der Waals surface area contributed by atoms with E-state index < -0.39 is 6.18 Å². The fourth-order valence-corrected chi connectivity index (χ4v) is 3.88. The second-order valence-electron chi connectivity index (χ2n) is 7.34. The van der Waals surface area contributed by atoms with Crippen LogP contribution in [-0.4, -0.2) is 46.3 Å². The summed E-state index contributed by atoms with van der Waals surface area (Å²) in [5.74, 6) is 0.197. The van der Waals surface area contributed by atoms with Gasteiger partial charge in [-0.05, 0) is 48.2 Å². The Labute approximate surface area is 183 Å². The first-order valence-electron chi connectivity index (χ1n) is 9.95. The van der Waals surface area contributed by atoms with Gasteiger partial charge in [0.1, 0.15) is 5.65 Å². The van der Waals surface area contributed by atoms with Crippen LogP contribution in [0.3, 0.4) is 0 Å². The maximum Gasteiger partial charge on any atom is 0.386 e. The number of benzene rings is 1. The number of carbonyl (C=O) groups excluding carboxylic acids is 1. The first-order chi connectivity index (χ1) is 14.7. The Morgan fingerprint density at radius 3 is 2.45 bits per heavy atom. The molecule has 0 unspecified atom stereocenters. The molecular formula is C22H25F3N4OS. The summed E-state index contributed by atoms with van der Waals surface area (Å²) in [6.45, 7) is 1.96. The summed E-state index contributed by atoms with van der Waals surface area (Å²) < 4.78 is 34.3. The van der Waals surface area contributed by atoms with Crippen molar-refractivity contribution in [2.75, 3.05) is 24.1 Å². The van der Waals surface area contributed by atoms with Crippen molar-refractivity contribution in [1.82, 2.24) is 14.9 Å². The van der Waals surface area contributed by atoms with Gasteiger partial charge in [0, 0.05) is 49.2 Å². The summed E-state index contributed by atoms with van der Waals surface area (Å²) in [6.07, 6.45) is 2.46. The minimum absolute atomic E-state index is 0.188. The molecule has 0 atom stereocenters. The smallest absolute Gasteiger partial charge is 0.343 e. The first kappa shape index (κ1) is 23.0. The van der Waals surface area contributed by atoms with Crippen molar-refractivity contribution >= 4 is 34.6 Å². The summed E-state index contributed by atoms with van der Waals surface area (Å²) in [5.41, 5.74) is 5.11. The number of aromatic amines is 1. The highest BCUT2D eigenvalue weighted by atomic mass is 32.2. The van der Waals surface area contributed by atoms with E-state index in [2.05, 4.69) is 45.0 Å². The van der Waals surface area contributed by atoms with E-state index in [9.17, 15) is 18.0 Å². The van der Waals surface area contributed by atoms with E-state index >= 15 is 0 Å². The van der Waals surface area contributed by atoms with Gasteiger partial charge in [-0.15, -0.1) is 0 Å². The number of alkyl halides is 3. The summed E-state index contributed by atoms with van der Waals surface area (Å²) in [7, 11) is 0. The number of nitrogens with one attached hydrogen (secondary N) is 2. The van der Waals surface area contributed by atoms with Crippen molar-refractivity contribution in [1.29, 1.82) is 0 Å². The summed E-state index contributed by atoms with van der Waals surface area (Å²) in [5, 5.41) is 1.06. The molecule has 0 radical (unpaired) electrons. The number of fused-ring (bicyclic) bond motifs is 1. The van der Waals surface area contributed by atoms with E-state index in [1.165, 1.54) is 0 Å². The van der Waals surface area contributed by atoms with Gasteiger partial charge in [0.15, 0.2) is 0 Å². The lowest BCUT2D eigenvalue weighted by Crippen LogP contribution is -2.29. The third kappa shape index (κ3) is 6.65. The molecule has 5 nitrogen and oxygen atoms in total. The Bertz CT molecular complexity index is 1010. The lowest BCUT2D eigenvalue weighted by atomic mass is 10.0. The molecule has 1 aliphatic rings. The van der Waals surface area contributed by atoms with E-state index in [0.29, 0.717) is 6.42 Å². The number of aromatic nitrogens is 2. The molecule has 2 aromatic heterocycles. The standard InChI is InChI=1S/C20H22N4OS.C2H3F3/c1-26-23-15-6-4-14(5-7-15)17-8-9-21-20-18(17)12-16(22-20)13-19(25)24-10-2-3-11-24;1-2(3,4)5/h4-9,12,23H,2-3,10-11,13H2,1H3,(H,21,22);1H3. The SMILES string of the molecule is CC(F)(F)F.CSNc1ccc(-c2ccnc3[nH]c(CC(=O)N4CCCC4)cc23)cc1. The van der Waals surface area contributed by atoms with Crippen LogP contribution in [0, 0.1) is 0 Å². The zero-order chi connectivity index (χ0) is 22.4. The highest BCUT2D eigenvalue weighted by Gasteiger charge is 2.19. The lowest BCUT2D eigenvalue weighted by molar-refractivity contribution is -0.129. The number of likely N-dealkylation sites (tertiary alicyclic amines) is 1. The quantitative estimate of drug-likeness (QED) is 0.493. The van der Waals surface area contributed by atoms with Gasteiger partial charge in [-0.2, -0.15) is 13.2 Å². The minimum Gasteiger partial charge on any atom is -0.343 e. The molecule has 3 heterocycles. The van der Waals surface area contributed by atoms with Crippen LogP contribution in [0.5, 0.6) is 0 Å². The predicted molar refractivity (Wildman–Crippen MR) is 120 cm³/mol. The van der Waals surface area contributed by atoms with Crippen LogP contribution >= 0.6 is 11.9 Å². The highest BCUT2D eigenvalue weighted by Crippen LogP contribution is 2.29. The third-order valence-corrected chi connectivity index (χ3v) is 5.24. The second-order valence-corrected chi connectivity index (χ2v) is 7.96. The summed E-state index contributed by atoms with van der Waals surface area (Å²) >= 11 is 1.58. The highest BCUT2D eigenvalue weighted by molar-refractivity contribution is 7.99. The molecule has 4 rings (SSSR count). The van der Waals surface area contributed by atoms with Crippen molar-refractivity contribution < 1.29 is 18.0 Å². The number of hydrogen-bond acceptors (Lipinski definition) is 4. The Hall–Kier alpha value is -2.68. The Kier molecular flexibility index (Phi) is 7.48. The van der Waals surface area contributed by atoms with Crippen LogP contribution in [-0.2, 0) is 11.2 Å². The van der Waals surface area contributed by atoms with E-state index in [4.69, 9.17) is 0 Å². The zero-order valence-corrected chi connectivity index (χ0v) is 18.2. The molecule has 3 aromatic rings. The Morgan fingerprint density at radius 2 is 1.84 bits per heavy atom. The predicted octanol–water partition coefficient (Wildman–Crippen LogP) is 5.65. The van der Waals surface area contributed by atoms with Gasteiger partial charge < -0.3 is 14.6 Å². The first-order valence-corrected chi connectivity index (χ1v) is 11.2. The number of hydrogen-bond donors (Lipinski definition) is 2. The number of carbonyl (C=O) groups is 1. The molecular weight excluding hydrogens is 425 g/mol. The number of amides is 1. The number of nitrogens with zero attached hydrogens (tertiary/aromatic N) is 2. The maximum absolute atomic E-state index is 12.4. The van der Waals surface area contributed by atoms with E-state index in [1.807, 2.05) is 23.4 Å². The van der Waals surface area contributed by atoms with Gasteiger partial charge in [-0.3, -0.25) is 4.79 Å². The summed E-state index contributed by atoms with van der Waals surface area (Å²) in [4.78, 5) is 22.1. The van der Waals surface area contributed by atoms with Crippen molar-refractivity contribution in [2.45, 2.75) is 32.4 Å². The number of H-pyrrole nitrogens is 1. The topological polar surface area (TPSA) is 61.0 Å². The van der Waals surface area contributed by atoms with Gasteiger partial charge in [0.2, 0.25) is 5.91 Å². The molecule has 0 spiro atoms. The molecule has 166 valence electrons. The molecule has 0 aliphatic carbocycles. The minimum atomic E-state index is -4.00. The van der Waals surface area contributed by atoms with E-state index in [-0.39, 0.29) is 12.8 Å². The van der Waals surface area contributed by atoms with Crippen LogP contribution in [0.1, 0.15) is 25.5 Å². The van der Waals surface area contributed by atoms with Crippen LogP contribution in [0.15, 0.2) is 42.6 Å². The molecule has 31 heavy (non-hydrogen) atoms. The van der Waals surface area contributed by atoms with Crippen molar-refractivity contribution in [3.63, 3.8) is 0 Å². The zero-order valence-electron chi connectivity index (χ0n) is 17.4. The molecule has 1 aliphatic heterocycles. The van der Waals surface area contributed by atoms with Crippen LogP contribution in [0.2, 0.25) is 0 Å². The van der Waals surface area contributed by atoms with Gasteiger partial charge in [0.05, 0.1) is 6.42 Å². The third-order valence-electron chi connectivity index (χ3n) is 4.80. The largest absolute Gasteiger partial charge is 0.386 e. The summed E-state index contributed by atoms with van der Waals surface area (Å²) in [6, 6.07) is 12.5. The number of rotatable bonds is 5. The average Bonchev–Trinajstić information content (AvgIpc) is 3.37. The van der Waals surface area contributed by atoms with E-state index in [1.54, 1.807) is 11.9 Å². The van der Waals surface area contributed by atoms with Gasteiger partial charge >= 0.3 is 6.18 Å². The van der Waals surface area contributed by atoms with Gasteiger partial charge in [-0.25, -0.2) is 4.98 Å². The van der Waals surface area contributed by atoms with Crippen molar-refractivity contribution in [3.05, 3.63) is 48.3 Å². The normalized spacial score (nSPS) is 13.8. The molecule has 1 aromatic carbocycles. The van der Waals surface area contributed by atoms with Crippen LogP contribution < -0.4 is 4.72 Å². The van der Waals surface area contributed by atoms with Gasteiger partial charge in [-0.1, -0.05) is 24.1 Å². The Morgan fingerprint density at radius 1 is 1.19 bits per heavy atom. The molecule has 0 bridgehead atoms. The van der Waals surface area contributed by atoms with E-state index in [0.717, 1.165) is 59.5 Å². The average molecular weight is 451 g/mol. The van der Waals surface area contributed by atoms with Crippen molar-refractivity contribution in [3.8, 4) is 11.1 Å². The second kappa shape index (κ2) is 10.1. The monoisotopic (exact) mass is 450 g/mol. The maximum atomic E-state index is 12.4. The fraction of sp³-hybridized carbons (Fsp3) is 0.364. The molecule has 1 saturated heterocycles. The molecule has 2 N–H and O–H groups in total. The number of pyridine rings is 1. The molecule has 1 amide bonds. The number of halogens is 3.